The summed E-state index contributed by atoms with van der Waals surface area (Å²) in [5.41, 5.74) is 10.8. The standard InChI is InChI=1S/C10H13BrN2O3S/c1-6(10(13)14)5-17(15,16)9-4-7(11)2-3-8(9)12/h2-4,6H,5,12H2,1H3,(H2,13,14). The van der Waals surface area contributed by atoms with Gasteiger partial charge >= 0.3 is 0 Å². The van der Waals surface area contributed by atoms with Crippen LogP contribution in [0.4, 0.5) is 5.69 Å². The molecule has 0 fully saturated rings. The number of benzene rings is 1. The molecule has 0 aliphatic heterocycles. The maximum Gasteiger partial charge on any atom is 0.221 e. The molecule has 0 aromatic heterocycles. The highest BCUT2D eigenvalue weighted by Crippen LogP contribution is 2.25. The van der Waals surface area contributed by atoms with Gasteiger partial charge in [0.05, 0.1) is 16.3 Å². The summed E-state index contributed by atoms with van der Waals surface area (Å²) in [4.78, 5) is 10.9. The Morgan fingerprint density at radius 1 is 1.47 bits per heavy atom. The van der Waals surface area contributed by atoms with Gasteiger partial charge in [0.2, 0.25) is 5.91 Å². The maximum atomic E-state index is 12.0. The van der Waals surface area contributed by atoms with E-state index in [0.29, 0.717) is 4.47 Å². The van der Waals surface area contributed by atoms with Gasteiger partial charge in [-0.1, -0.05) is 22.9 Å². The van der Waals surface area contributed by atoms with Gasteiger partial charge in [0.25, 0.3) is 0 Å². The fraction of sp³-hybridized carbons (Fsp3) is 0.300. The van der Waals surface area contributed by atoms with Crippen LogP contribution in [0, 0.1) is 5.92 Å². The summed E-state index contributed by atoms with van der Waals surface area (Å²) in [6, 6.07) is 4.55. The van der Waals surface area contributed by atoms with Crippen LogP contribution < -0.4 is 11.5 Å². The van der Waals surface area contributed by atoms with Gasteiger partial charge in [0.15, 0.2) is 9.84 Å². The van der Waals surface area contributed by atoms with E-state index in [4.69, 9.17) is 11.5 Å². The molecule has 1 rings (SSSR count). The van der Waals surface area contributed by atoms with Crippen molar-refractivity contribution < 1.29 is 13.2 Å². The third-order valence-corrected chi connectivity index (χ3v) is 4.72. The maximum absolute atomic E-state index is 12.0. The fourth-order valence-electron chi connectivity index (χ4n) is 1.28. The van der Waals surface area contributed by atoms with Crippen molar-refractivity contribution in [1.29, 1.82) is 0 Å². The zero-order chi connectivity index (χ0) is 13.2. The molecule has 1 aromatic rings. The minimum Gasteiger partial charge on any atom is -0.398 e. The lowest BCUT2D eigenvalue weighted by atomic mass is 10.2. The molecule has 1 unspecified atom stereocenters. The van der Waals surface area contributed by atoms with Crippen molar-refractivity contribution in [2.45, 2.75) is 11.8 Å². The van der Waals surface area contributed by atoms with Crippen LogP contribution in [-0.2, 0) is 14.6 Å². The monoisotopic (exact) mass is 320 g/mol. The number of carbonyl (C=O) groups is 1. The molecule has 0 bridgehead atoms. The number of hydrogen-bond donors (Lipinski definition) is 2. The summed E-state index contributed by atoms with van der Waals surface area (Å²) in [6.07, 6.45) is 0. The van der Waals surface area contributed by atoms with Crippen LogP contribution in [0.1, 0.15) is 6.92 Å². The predicted octanol–water partition coefficient (Wildman–Crippen LogP) is 0.926. The number of carbonyl (C=O) groups excluding carboxylic acids is 1. The van der Waals surface area contributed by atoms with Crippen molar-refractivity contribution in [1.82, 2.24) is 0 Å². The Bertz CT molecular complexity index is 542. The van der Waals surface area contributed by atoms with Crippen molar-refractivity contribution in [3.05, 3.63) is 22.7 Å². The van der Waals surface area contributed by atoms with Gasteiger partial charge in [-0.15, -0.1) is 0 Å². The Labute approximate surface area is 108 Å². The number of nitrogen functional groups attached to an aromatic ring is 1. The first kappa shape index (κ1) is 14.0. The number of hydrogen-bond acceptors (Lipinski definition) is 4. The Morgan fingerprint density at radius 3 is 2.59 bits per heavy atom. The summed E-state index contributed by atoms with van der Waals surface area (Å²) >= 11 is 3.17. The third kappa shape index (κ3) is 3.44. The highest BCUT2D eigenvalue weighted by molar-refractivity contribution is 9.10. The van der Waals surface area contributed by atoms with Crippen LogP contribution in [0.15, 0.2) is 27.6 Å². The number of halogens is 1. The molecule has 0 spiro atoms. The smallest absolute Gasteiger partial charge is 0.221 e. The Hall–Kier alpha value is -1.08. The lowest BCUT2D eigenvalue weighted by molar-refractivity contribution is -0.120. The van der Waals surface area contributed by atoms with Gasteiger partial charge in [0, 0.05) is 10.4 Å². The van der Waals surface area contributed by atoms with Crippen molar-refractivity contribution in [2.75, 3.05) is 11.5 Å². The van der Waals surface area contributed by atoms with Crippen LogP contribution in [0.5, 0.6) is 0 Å². The molecular weight excluding hydrogens is 308 g/mol. The molecule has 5 nitrogen and oxygen atoms in total. The van der Waals surface area contributed by atoms with E-state index in [-0.39, 0.29) is 16.3 Å². The molecule has 94 valence electrons. The lowest BCUT2D eigenvalue weighted by Crippen LogP contribution is -2.27. The van der Waals surface area contributed by atoms with Crippen molar-refractivity contribution in [2.24, 2.45) is 11.7 Å². The number of anilines is 1. The van der Waals surface area contributed by atoms with E-state index >= 15 is 0 Å². The molecule has 1 amide bonds. The molecular formula is C10H13BrN2O3S. The van der Waals surface area contributed by atoms with E-state index in [9.17, 15) is 13.2 Å². The zero-order valence-electron chi connectivity index (χ0n) is 9.18. The van der Waals surface area contributed by atoms with Gasteiger partial charge in [-0.2, -0.15) is 0 Å². The zero-order valence-corrected chi connectivity index (χ0v) is 11.6. The number of amides is 1. The van der Waals surface area contributed by atoms with E-state index in [1.165, 1.54) is 19.1 Å². The fourth-order valence-corrected chi connectivity index (χ4v) is 3.53. The normalized spacial score (nSPS) is 13.3. The predicted molar refractivity (Wildman–Crippen MR) is 69.0 cm³/mol. The van der Waals surface area contributed by atoms with E-state index in [1.807, 2.05) is 0 Å². The molecule has 0 radical (unpaired) electrons. The minimum absolute atomic E-state index is 0.0139. The van der Waals surface area contributed by atoms with Crippen molar-refractivity contribution in [3.63, 3.8) is 0 Å². The Balaban J connectivity index is 3.13. The molecule has 17 heavy (non-hydrogen) atoms. The molecule has 0 heterocycles. The molecule has 0 aliphatic carbocycles. The highest BCUT2D eigenvalue weighted by atomic mass is 79.9. The average molecular weight is 321 g/mol. The first-order valence-electron chi connectivity index (χ1n) is 4.81. The third-order valence-electron chi connectivity index (χ3n) is 2.27. The van der Waals surface area contributed by atoms with Gasteiger partial charge in [0.1, 0.15) is 0 Å². The quantitative estimate of drug-likeness (QED) is 0.805. The van der Waals surface area contributed by atoms with Crippen LogP contribution in [0.25, 0.3) is 0 Å². The molecule has 0 aliphatic rings. The van der Waals surface area contributed by atoms with Crippen LogP contribution in [0.3, 0.4) is 0 Å². The number of rotatable bonds is 4. The molecule has 7 heteroatoms. The van der Waals surface area contributed by atoms with Crippen molar-refractivity contribution >= 4 is 37.4 Å². The number of nitrogens with two attached hydrogens (primary N) is 2. The second-order valence-corrected chi connectivity index (χ2v) is 6.69. The van der Waals surface area contributed by atoms with Gasteiger partial charge in [-0.25, -0.2) is 8.42 Å². The molecule has 1 aromatic carbocycles. The van der Waals surface area contributed by atoms with E-state index in [2.05, 4.69) is 15.9 Å². The second kappa shape index (κ2) is 5.05. The van der Waals surface area contributed by atoms with Crippen LogP contribution in [-0.4, -0.2) is 20.1 Å². The second-order valence-electron chi connectivity index (χ2n) is 3.77. The summed E-state index contributed by atoms with van der Waals surface area (Å²) in [7, 11) is -3.61. The van der Waals surface area contributed by atoms with Crippen molar-refractivity contribution in [3.8, 4) is 0 Å². The van der Waals surface area contributed by atoms with Gasteiger partial charge in [-0.05, 0) is 18.2 Å². The summed E-state index contributed by atoms with van der Waals surface area (Å²) in [6.45, 7) is 1.47. The Morgan fingerprint density at radius 2 is 2.06 bits per heavy atom. The minimum atomic E-state index is -3.61. The van der Waals surface area contributed by atoms with E-state index in [0.717, 1.165) is 0 Å². The molecule has 0 saturated heterocycles. The lowest BCUT2D eigenvalue weighted by Gasteiger charge is -2.10. The molecule has 0 saturated carbocycles. The van der Waals surface area contributed by atoms with E-state index in [1.54, 1.807) is 6.07 Å². The summed E-state index contributed by atoms with van der Waals surface area (Å²) < 4.78 is 24.6. The average Bonchev–Trinajstić information content (AvgIpc) is 2.20. The number of primary amides is 1. The molecule has 1 atom stereocenters. The van der Waals surface area contributed by atoms with Crippen LogP contribution in [0.2, 0.25) is 0 Å². The first-order chi connectivity index (χ1) is 7.74. The summed E-state index contributed by atoms with van der Waals surface area (Å²) in [5, 5.41) is 0. The number of sulfone groups is 1. The topological polar surface area (TPSA) is 103 Å². The molecule has 4 N–H and O–H groups in total. The first-order valence-corrected chi connectivity index (χ1v) is 7.25. The van der Waals surface area contributed by atoms with E-state index < -0.39 is 21.7 Å². The SMILES string of the molecule is CC(CS(=O)(=O)c1cc(Br)ccc1N)C(N)=O. The summed E-state index contributed by atoms with van der Waals surface area (Å²) in [5.74, 6) is -1.75. The Kier molecular flexibility index (Phi) is 4.16. The van der Waals surface area contributed by atoms with Gasteiger partial charge < -0.3 is 11.5 Å². The van der Waals surface area contributed by atoms with Crippen LogP contribution >= 0.6 is 15.9 Å². The largest absolute Gasteiger partial charge is 0.398 e. The highest BCUT2D eigenvalue weighted by Gasteiger charge is 2.23. The van der Waals surface area contributed by atoms with Gasteiger partial charge in [-0.3, -0.25) is 4.79 Å².